The number of rotatable bonds is 7. The maximum absolute atomic E-state index is 14.2. The van der Waals surface area contributed by atoms with E-state index in [2.05, 4.69) is 23.7 Å². The first kappa shape index (κ1) is 15.9. The molecular weight excluding hydrogens is 245 g/mol. The number of aliphatic hydroxyl groups is 1. The third-order valence-electron chi connectivity index (χ3n) is 2.82. The monoisotopic (exact) mass is 269 g/mol. The summed E-state index contributed by atoms with van der Waals surface area (Å²) in [6.45, 7) is 6.17. The van der Waals surface area contributed by atoms with Crippen LogP contribution in [0.4, 0.5) is 10.2 Å². The third-order valence-corrected chi connectivity index (χ3v) is 2.82. The molecule has 0 aromatic carbocycles. The zero-order valence-electron chi connectivity index (χ0n) is 12.2. The highest BCUT2D eigenvalue weighted by molar-refractivity contribution is 5.43. The molecule has 0 amide bonds. The molecule has 1 aromatic heterocycles. The van der Waals surface area contributed by atoms with Gasteiger partial charge in [0.2, 0.25) is 0 Å². The van der Waals surface area contributed by atoms with E-state index in [1.54, 1.807) is 6.20 Å². The van der Waals surface area contributed by atoms with Crippen LogP contribution in [0.25, 0.3) is 0 Å². The first-order chi connectivity index (χ1) is 8.95. The van der Waals surface area contributed by atoms with Gasteiger partial charge in [0.25, 0.3) is 0 Å². The largest absolute Gasteiger partial charge is 0.392 e. The van der Waals surface area contributed by atoms with Crippen molar-refractivity contribution in [2.75, 3.05) is 38.6 Å². The van der Waals surface area contributed by atoms with Crippen molar-refractivity contribution < 1.29 is 9.50 Å². The van der Waals surface area contributed by atoms with E-state index in [9.17, 15) is 4.39 Å². The predicted octanol–water partition coefficient (Wildman–Crippen LogP) is 1.74. The van der Waals surface area contributed by atoms with Crippen molar-refractivity contribution in [1.82, 2.24) is 9.88 Å². The second kappa shape index (κ2) is 7.40. The summed E-state index contributed by atoms with van der Waals surface area (Å²) < 4.78 is 14.2. The van der Waals surface area contributed by atoms with Crippen LogP contribution in [0.2, 0.25) is 0 Å². The van der Waals surface area contributed by atoms with E-state index in [4.69, 9.17) is 5.11 Å². The molecule has 0 aliphatic carbocycles. The average Bonchev–Trinajstić information content (AvgIpc) is 2.34. The van der Waals surface area contributed by atoms with Gasteiger partial charge in [0.15, 0.2) is 11.6 Å². The van der Waals surface area contributed by atoms with Gasteiger partial charge >= 0.3 is 0 Å². The summed E-state index contributed by atoms with van der Waals surface area (Å²) >= 11 is 0. The van der Waals surface area contributed by atoms with E-state index in [-0.39, 0.29) is 6.61 Å². The number of halogens is 1. The summed E-state index contributed by atoms with van der Waals surface area (Å²) in [7, 11) is 3.98. The first-order valence-corrected chi connectivity index (χ1v) is 6.59. The molecule has 0 radical (unpaired) electrons. The second-order valence-electron chi connectivity index (χ2n) is 5.41. The van der Waals surface area contributed by atoms with Gasteiger partial charge in [0.05, 0.1) is 6.61 Å². The molecule has 1 aromatic rings. The first-order valence-electron chi connectivity index (χ1n) is 6.59. The molecule has 108 valence electrons. The van der Waals surface area contributed by atoms with Gasteiger partial charge in [-0.3, -0.25) is 0 Å². The maximum Gasteiger partial charge on any atom is 0.171 e. The molecule has 0 aliphatic heterocycles. The maximum atomic E-state index is 14.2. The van der Waals surface area contributed by atoms with E-state index in [0.717, 1.165) is 13.1 Å². The molecular formula is C14H24FN3O. The van der Waals surface area contributed by atoms with Crippen molar-refractivity contribution in [2.24, 2.45) is 5.92 Å². The fraction of sp³-hybridized carbons (Fsp3) is 0.643. The lowest BCUT2D eigenvalue weighted by Crippen LogP contribution is -2.35. The van der Waals surface area contributed by atoms with E-state index in [0.29, 0.717) is 23.8 Å². The SMILES string of the molecule is CC(C)CN(CCN(C)C)c1nccc(CO)c1F. The Bertz CT molecular complexity index is 396. The average molecular weight is 269 g/mol. The number of pyridine rings is 1. The molecule has 0 bridgehead atoms. The lowest BCUT2D eigenvalue weighted by Gasteiger charge is -2.27. The van der Waals surface area contributed by atoms with Crippen LogP contribution in [0.1, 0.15) is 19.4 Å². The smallest absolute Gasteiger partial charge is 0.171 e. The molecule has 19 heavy (non-hydrogen) atoms. The van der Waals surface area contributed by atoms with Crippen LogP contribution >= 0.6 is 0 Å². The lowest BCUT2D eigenvalue weighted by molar-refractivity contribution is 0.275. The number of hydrogen-bond donors (Lipinski definition) is 1. The fourth-order valence-corrected chi connectivity index (χ4v) is 1.86. The Balaban J connectivity index is 2.95. The minimum absolute atomic E-state index is 0.295. The van der Waals surface area contributed by atoms with Crippen molar-refractivity contribution in [2.45, 2.75) is 20.5 Å². The third kappa shape index (κ3) is 4.76. The highest BCUT2D eigenvalue weighted by Gasteiger charge is 2.17. The zero-order valence-corrected chi connectivity index (χ0v) is 12.2. The van der Waals surface area contributed by atoms with Crippen LogP contribution in [0.3, 0.4) is 0 Å². The Morgan fingerprint density at radius 2 is 2.00 bits per heavy atom. The molecule has 1 N–H and O–H groups in total. The zero-order chi connectivity index (χ0) is 14.4. The molecule has 4 nitrogen and oxygen atoms in total. The fourth-order valence-electron chi connectivity index (χ4n) is 1.86. The molecule has 0 saturated heterocycles. The van der Waals surface area contributed by atoms with Gasteiger partial charge in [-0.15, -0.1) is 0 Å². The molecule has 0 fully saturated rings. The van der Waals surface area contributed by atoms with Gasteiger partial charge in [-0.05, 0) is 26.1 Å². The second-order valence-corrected chi connectivity index (χ2v) is 5.41. The molecule has 1 heterocycles. The molecule has 0 unspecified atom stereocenters. The molecule has 0 saturated carbocycles. The Morgan fingerprint density at radius 3 is 2.53 bits per heavy atom. The number of hydrogen-bond acceptors (Lipinski definition) is 4. The van der Waals surface area contributed by atoms with Gasteiger partial charge in [-0.2, -0.15) is 0 Å². The Hall–Kier alpha value is -1.20. The molecule has 0 aliphatic rings. The van der Waals surface area contributed by atoms with Gasteiger partial charge in [-0.1, -0.05) is 13.8 Å². The van der Waals surface area contributed by atoms with E-state index < -0.39 is 5.82 Å². The summed E-state index contributed by atoms with van der Waals surface area (Å²) in [5.41, 5.74) is 0.295. The standard InChI is InChI=1S/C14H24FN3O/c1-11(2)9-18(8-7-17(3)4)14-13(15)12(10-19)5-6-16-14/h5-6,11,19H,7-10H2,1-4H3. The van der Waals surface area contributed by atoms with Crippen LogP contribution in [-0.4, -0.2) is 48.7 Å². The summed E-state index contributed by atoms with van der Waals surface area (Å²) in [5, 5.41) is 9.13. The lowest BCUT2D eigenvalue weighted by atomic mass is 10.2. The van der Waals surface area contributed by atoms with Gasteiger partial charge in [0.1, 0.15) is 0 Å². The van der Waals surface area contributed by atoms with Gasteiger partial charge < -0.3 is 14.9 Å². The Kier molecular flexibility index (Phi) is 6.18. The number of aliphatic hydroxyl groups excluding tert-OH is 1. The summed E-state index contributed by atoms with van der Waals surface area (Å²) in [6, 6.07) is 1.51. The molecule has 1 rings (SSSR count). The molecule has 0 atom stereocenters. The van der Waals surface area contributed by atoms with Crippen molar-refractivity contribution in [1.29, 1.82) is 0 Å². The molecule has 0 spiro atoms. The van der Waals surface area contributed by atoms with Crippen LogP contribution < -0.4 is 4.90 Å². The Labute approximate surface area is 114 Å². The number of anilines is 1. The van der Waals surface area contributed by atoms with E-state index in [1.807, 2.05) is 19.0 Å². The topological polar surface area (TPSA) is 39.6 Å². The van der Waals surface area contributed by atoms with E-state index in [1.165, 1.54) is 6.07 Å². The van der Waals surface area contributed by atoms with Gasteiger partial charge in [-0.25, -0.2) is 9.37 Å². The highest BCUT2D eigenvalue weighted by Crippen LogP contribution is 2.20. The van der Waals surface area contributed by atoms with Crippen LogP contribution in [0, 0.1) is 11.7 Å². The summed E-state index contributed by atoms with van der Waals surface area (Å²) in [6.07, 6.45) is 1.55. The number of likely N-dealkylation sites (N-methyl/N-ethyl adjacent to an activating group) is 1. The molecule has 5 heteroatoms. The van der Waals surface area contributed by atoms with Crippen molar-refractivity contribution in [3.05, 3.63) is 23.6 Å². The van der Waals surface area contributed by atoms with Crippen molar-refractivity contribution >= 4 is 5.82 Å². The minimum Gasteiger partial charge on any atom is -0.392 e. The predicted molar refractivity (Wildman–Crippen MR) is 75.7 cm³/mol. The minimum atomic E-state index is -0.413. The quantitative estimate of drug-likeness (QED) is 0.818. The van der Waals surface area contributed by atoms with Crippen LogP contribution in [-0.2, 0) is 6.61 Å². The van der Waals surface area contributed by atoms with Crippen molar-refractivity contribution in [3.8, 4) is 0 Å². The summed E-state index contributed by atoms with van der Waals surface area (Å²) in [5.74, 6) is 0.340. The number of nitrogens with zero attached hydrogens (tertiary/aromatic N) is 3. The Morgan fingerprint density at radius 1 is 1.32 bits per heavy atom. The van der Waals surface area contributed by atoms with Crippen molar-refractivity contribution in [3.63, 3.8) is 0 Å². The number of aromatic nitrogens is 1. The normalized spacial score (nSPS) is 11.4. The van der Waals surface area contributed by atoms with Gasteiger partial charge in [0, 0.05) is 31.4 Å². The highest BCUT2D eigenvalue weighted by atomic mass is 19.1. The summed E-state index contributed by atoms with van der Waals surface area (Å²) in [4.78, 5) is 8.14. The van der Waals surface area contributed by atoms with E-state index >= 15 is 0 Å². The van der Waals surface area contributed by atoms with Crippen LogP contribution in [0.15, 0.2) is 12.3 Å². The van der Waals surface area contributed by atoms with Crippen LogP contribution in [0.5, 0.6) is 0 Å².